The van der Waals surface area contributed by atoms with Crippen molar-refractivity contribution in [3.8, 4) is 17.0 Å². The first-order chi connectivity index (χ1) is 18.6. The monoisotopic (exact) mass is 530 g/mol. The third kappa shape index (κ3) is 5.55. The molecule has 1 amide bonds. The summed E-state index contributed by atoms with van der Waals surface area (Å²) < 4.78 is 11.0. The topological polar surface area (TPSA) is 80.4 Å². The maximum Gasteiger partial charge on any atom is 0.337 e. The van der Waals surface area contributed by atoms with Gasteiger partial charge in [0.05, 0.1) is 24.1 Å². The summed E-state index contributed by atoms with van der Waals surface area (Å²) in [5.74, 6) is 0.195. The van der Waals surface area contributed by atoms with E-state index in [9.17, 15) is 9.59 Å². The van der Waals surface area contributed by atoms with Gasteiger partial charge < -0.3 is 19.8 Å². The average Bonchev–Trinajstić information content (AvgIpc) is 3.35. The molecule has 0 spiro atoms. The van der Waals surface area contributed by atoms with Gasteiger partial charge in [0.2, 0.25) is 5.91 Å². The molecule has 1 heterocycles. The van der Waals surface area contributed by atoms with Gasteiger partial charge in [0, 0.05) is 22.5 Å². The molecule has 38 heavy (non-hydrogen) atoms. The first-order valence-electron chi connectivity index (χ1n) is 13.0. The number of esters is 1. The zero-order valence-corrected chi connectivity index (χ0v) is 22.1. The van der Waals surface area contributed by atoms with Crippen LogP contribution >= 0.6 is 11.6 Å². The Balaban J connectivity index is 1.60. The molecule has 1 fully saturated rings. The van der Waals surface area contributed by atoms with Crippen LogP contribution in [-0.2, 0) is 16.1 Å². The smallest absolute Gasteiger partial charge is 0.337 e. The van der Waals surface area contributed by atoms with Gasteiger partial charge in [-0.3, -0.25) is 4.79 Å². The Labute approximate surface area is 227 Å². The summed E-state index contributed by atoms with van der Waals surface area (Å²) in [7, 11) is 1.38. The van der Waals surface area contributed by atoms with Crippen molar-refractivity contribution < 1.29 is 19.1 Å². The largest absolute Gasteiger partial charge is 0.489 e. The lowest BCUT2D eigenvalue weighted by Crippen LogP contribution is -2.14. The number of methoxy groups -OCH3 is 1. The Morgan fingerprint density at radius 1 is 1.00 bits per heavy atom. The number of hydrogen-bond acceptors (Lipinski definition) is 4. The molecule has 3 aromatic carbocycles. The summed E-state index contributed by atoms with van der Waals surface area (Å²) >= 11 is 5.86. The van der Waals surface area contributed by atoms with Crippen molar-refractivity contribution in [2.45, 2.75) is 44.6 Å². The zero-order chi connectivity index (χ0) is 26.5. The molecule has 0 saturated heterocycles. The fourth-order valence-corrected chi connectivity index (χ4v) is 5.42. The third-order valence-electron chi connectivity index (χ3n) is 7.18. The van der Waals surface area contributed by atoms with Gasteiger partial charge in [0.1, 0.15) is 18.2 Å². The number of benzene rings is 3. The number of amides is 1. The van der Waals surface area contributed by atoms with Gasteiger partial charge >= 0.3 is 5.97 Å². The molecule has 0 bridgehead atoms. The quantitative estimate of drug-likeness (QED) is 0.183. The molecule has 7 heteroatoms. The number of anilines is 1. The molecule has 1 saturated carbocycles. The van der Waals surface area contributed by atoms with E-state index in [1.165, 1.54) is 31.9 Å². The van der Waals surface area contributed by atoms with E-state index >= 15 is 0 Å². The Hall–Kier alpha value is -3.77. The third-order valence-corrected chi connectivity index (χ3v) is 7.42. The molecule has 1 aromatic heterocycles. The summed E-state index contributed by atoms with van der Waals surface area (Å²) in [5, 5.41) is 4.05. The van der Waals surface area contributed by atoms with Crippen molar-refractivity contribution in [1.82, 2.24) is 4.98 Å². The fourth-order valence-electron chi connectivity index (χ4n) is 5.35. The summed E-state index contributed by atoms with van der Waals surface area (Å²) in [6.45, 7) is 0.416. The lowest BCUT2D eigenvalue weighted by atomic mass is 9.81. The minimum absolute atomic E-state index is 0.154. The highest BCUT2D eigenvalue weighted by atomic mass is 35.5. The van der Waals surface area contributed by atoms with E-state index in [-0.39, 0.29) is 17.8 Å². The van der Waals surface area contributed by atoms with Crippen molar-refractivity contribution >= 4 is 40.1 Å². The molecule has 0 radical (unpaired) electrons. The number of rotatable bonds is 8. The van der Waals surface area contributed by atoms with Gasteiger partial charge in [-0.25, -0.2) is 4.79 Å². The van der Waals surface area contributed by atoms with Crippen molar-refractivity contribution in [2.75, 3.05) is 18.3 Å². The van der Waals surface area contributed by atoms with E-state index in [1.54, 1.807) is 0 Å². The second kappa shape index (κ2) is 11.7. The number of alkyl halides is 1. The van der Waals surface area contributed by atoms with Crippen LogP contribution in [0.3, 0.4) is 0 Å². The van der Waals surface area contributed by atoms with E-state index in [1.807, 2.05) is 66.7 Å². The van der Waals surface area contributed by atoms with Crippen LogP contribution in [0.25, 0.3) is 22.2 Å². The van der Waals surface area contributed by atoms with E-state index < -0.39 is 0 Å². The van der Waals surface area contributed by atoms with Crippen LogP contribution < -0.4 is 10.1 Å². The molecule has 4 aromatic rings. The van der Waals surface area contributed by atoms with Gasteiger partial charge in [-0.2, -0.15) is 0 Å². The van der Waals surface area contributed by atoms with Crippen LogP contribution in [0, 0.1) is 0 Å². The Morgan fingerprint density at radius 2 is 1.79 bits per heavy atom. The number of H-pyrrole nitrogens is 1. The number of ether oxygens (including phenoxy) is 2. The highest BCUT2D eigenvalue weighted by molar-refractivity contribution is 6.29. The minimum Gasteiger partial charge on any atom is -0.489 e. The molecule has 6 nitrogen and oxygen atoms in total. The SMILES string of the molecule is COC(=O)c1ccc2c(C3CCCCC3)c(-c3ccc(OCc4ccccc4)cc3NC(=O)CCl)[nH]c2c1. The molecule has 5 rings (SSSR count). The normalized spacial score (nSPS) is 13.8. The first kappa shape index (κ1) is 25.9. The average molecular weight is 531 g/mol. The summed E-state index contributed by atoms with van der Waals surface area (Å²) in [4.78, 5) is 28.2. The first-order valence-corrected chi connectivity index (χ1v) is 13.5. The number of carbonyl (C=O) groups excluding carboxylic acids is 2. The van der Waals surface area contributed by atoms with Gasteiger partial charge in [-0.05, 0) is 54.2 Å². The summed E-state index contributed by atoms with van der Waals surface area (Å²) in [5.41, 5.74) is 6.04. The summed E-state index contributed by atoms with van der Waals surface area (Å²) in [6.07, 6.45) is 5.80. The number of aromatic amines is 1. The molecule has 0 aliphatic heterocycles. The van der Waals surface area contributed by atoms with Crippen LogP contribution in [-0.4, -0.2) is 29.9 Å². The van der Waals surface area contributed by atoms with Gasteiger partial charge in [-0.15, -0.1) is 11.6 Å². The molecule has 0 atom stereocenters. The van der Waals surface area contributed by atoms with Crippen LogP contribution in [0.2, 0.25) is 0 Å². The molecular formula is C31H31ClN2O4. The molecular weight excluding hydrogens is 500 g/mol. The predicted molar refractivity (Wildman–Crippen MR) is 151 cm³/mol. The van der Waals surface area contributed by atoms with Crippen LogP contribution in [0.15, 0.2) is 66.7 Å². The Kier molecular flexibility index (Phi) is 7.99. The van der Waals surface area contributed by atoms with Crippen LogP contribution in [0.5, 0.6) is 5.75 Å². The maximum atomic E-state index is 12.4. The standard InChI is InChI=1S/C31H31ClN2O4/c1-37-31(36)22-12-14-24-26(16-22)34-30(29(24)21-10-6-3-7-11-21)25-15-13-23(17-27(25)33-28(35)18-32)38-19-20-8-4-2-5-9-20/h2,4-5,8-9,12-17,21,34H,3,6-7,10-11,18-19H2,1H3,(H,33,35). The number of hydrogen-bond donors (Lipinski definition) is 2. The molecule has 1 aliphatic carbocycles. The Morgan fingerprint density at radius 3 is 2.53 bits per heavy atom. The molecule has 196 valence electrons. The van der Waals surface area contributed by atoms with Crippen molar-refractivity contribution in [3.63, 3.8) is 0 Å². The van der Waals surface area contributed by atoms with Gasteiger partial charge in [-0.1, -0.05) is 55.7 Å². The highest BCUT2D eigenvalue weighted by Gasteiger charge is 2.26. The number of nitrogens with one attached hydrogen (secondary N) is 2. The second-order valence-electron chi connectivity index (χ2n) is 9.66. The highest BCUT2D eigenvalue weighted by Crippen LogP contribution is 2.44. The van der Waals surface area contributed by atoms with E-state index in [0.717, 1.165) is 40.6 Å². The van der Waals surface area contributed by atoms with Gasteiger partial charge in [0.15, 0.2) is 0 Å². The Bertz CT molecular complexity index is 1440. The lowest BCUT2D eigenvalue weighted by molar-refractivity contribution is -0.113. The van der Waals surface area contributed by atoms with Crippen LogP contribution in [0.1, 0.15) is 59.5 Å². The van der Waals surface area contributed by atoms with Crippen molar-refractivity contribution in [3.05, 3.63) is 83.4 Å². The number of carbonyl (C=O) groups is 2. The number of aromatic nitrogens is 1. The van der Waals surface area contributed by atoms with E-state index in [4.69, 9.17) is 21.1 Å². The van der Waals surface area contributed by atoms with Crippen LogP contribution in [0.4, 0.5) is 5.69 Å². The predicted octanol–water partition coefficient (Wildman–Crippen LogP) is 7.43. The molecule has 1 aliphatic rings. The zero-order valence-electron chi connectivity index (χ0n) is 21.4. The molecule has 2 N–H and O–H groups in total. The van der Waals surface area contributed by atoms with Crippen molar-refractivity contribution in [1.29, 1.82) is 0 Å². The number of halogens is 1. The fraction of sp³-hybridized carbons (Fsp3) is 0.290. The minimum atomic E-state index is -0.378. The second-order valence-corrected chi connectivity index (χ2v) is 9.93. The maximum absolute atomic E-state index is 12.4. The number of fused-ring (bicyclic) bond motifs is 1. The lowest BCUT2D eigenvalue weighted by Gasteiger charge is -2.23. The van der Waals surface area contributed by atoms with E-state index in [0.29, 0.717) is 29.5 Å². The summed E-state index contributed by atoms with van der Waals surface area (Å²) in [6, 6.07) is 21.3. The molecule has 0 unspecified atom stereocenters. The van der Waals surface area contributed by atoms with Crippen molar-refractivity contribution in [2.24, 2.45) is 0 Å². The van der Waals surface area contributed by atoms with E-state index in [2.05, 4.69) is 10.3 Å². The van der Waals surface area contributed by atoms with Gasteiger partial charge in [0.25, 0.3) is 0 Å².